The molecule has 108 valence electrons. The van der Waals surface area contributed by atoms with Crippen molar-refractivity contribution in [3.8, 4) is 0 Å². The van der Waals surface area contributed by atoms with Gasteiger partial charge in [0.1, 0.15) is 0 Å². The van der Waals surface area contributed by atoms with Crippen molar-refractivity contribution in [1.82, 2.24) is 25.0 Å². The lowest BCUT2D eigenvalue weighted by atomic mass is 10.2. The van der Waals surface area contributed by atoms with Gasteiger partial charge in [0.15, 0.2) is 5.69 Å². The summed E-state index contributed by atoms with van der Waals surface area (Å²) in [6.45, 7) is 1.33. The van der Waals surface area contributed by atoms with E-state index in [1.807, 2.05) is 23.8 Å². The van der Waals surface area contributed by atoms with Crippen LogP contribution in [0, 0.1) is 0 Å². The van der Waals surface area contributed by atoms with Crippen molar-refractivity contribution in [3.63, 3.8) is 0 Å². The number of nitrogen functional groups attached to an aromatic ring is 1. The Kier molecular flexibility index (Phi) is 3.72. The van der Waals surface area contributed by atoms with Crippen LogP contribution < -0.4 is 11.3 Å². The van der Waals surface area contributed by atoms with Crippen molar-refractivity contribution < 1.29 is 4.79 Å². The number of benzene rings is 1. The van der Waals surface area contributed by atoms with Gasteiger partial charge in [-0.3, -0.25) is 10.2 Å². The number of rotatable bonds is 4. The molecular formula is C13H13BrN6O. The average molecular weight is 349 g/mol. The van der Waals surface area contributed by atoms with E-state index in [-0.39, 0.29) is 5.69 Å². The van der Waals surface area contributed by atoms with Gasteiger partial charge in [0.2, 0.25) is 0 Å². The van der Waals surface area contributed by atoms with Crippen LogP contribution in [0.5, 0.6) is 0 Å². The van der Waals surface area contributed by atoms with Crippen molar-refractivity contribution >= 4 is 32.7 Å². The van der Waals surface area contributed by atoms with Crippen molar-refractivity contribution in [2.24, 2.45) is 5.84 Å². The SMILES string of the molecule is NNC(=O)c1cn(CCn2cc(Br)c3ccccc32)nn1. The molecule has 1 amide bonds. The fourth-order valence-corrected chi connectivity index (χ4v) is 2.77. The number of nitrogens with two attached hydrogens (primary N) is 1. The maximum atomic E-state index is 11.3. The van der Waals surface area contributed by atoms with Crippen molar-refractivity contribution in [2.75, 3.05) is 0 Å². The van der Waals surface area contributed by atoms with Gasteiger partial charge in [-0.05, 0) is 22.0 Å². The molecule has 0 aliphatic carbocycles. The highest BCUT2D eigenvalue weighted by Gasteiger charge is 2.09. The van der Waals surface area contributed by atoms with Gasteiger partial charge in [0, 0.05) is 28.1 Å². The monoisotopic (exact) mass is 348 g/mol. The van der Waals surface area contributed by atoms with E-state index in [4.69, 9.17) is 5.84 Å². The van der Waals surface area contributed by atoms with E-state index >= 15 is 0 Å². The van der Waals surface area contributed by atoms with Crippen LogP contribution in [-0.2, 0) is 13.1 Å². The fourth-order valence-electron chi connectivity index (χ4n) is 2.18. The minimum absolute atomic E-state index is 0.205. The number of halogens is 1. The molecule has 1 aromatic carbocycles. The summed E-state index contributed by atoms with van der Waals surface area (Å²) in [4.78, 5) is 11.3. The van der Waals surface area contributed by atoms with Crippen LogP contribution in [0.4, 0.5) is 0 Å². The Morgan fingerprint density at radius 1 is 1.29 bits per heavy atom. The first-order chi connectivity index (χ1) is 10.2. The number of hydrogen-bond donors (Lipinski definition) is 2. The van der Waals surface area contributed by atoms with Gasteiger partial charge >= 0.3 is 0 Å². The lowest BCUT2D eigenvalue weighted by Gasteiger charge is -2.04. The summed E-state index contributed by atoms with van der Waals surface area (Å²) in [5.41, 5.74) is 3.38. The number of aromatic nitrogens is 4. The molecule has 2 heterocycles. The van der Waals surface area contributed by atoms with E-state index < -0.39 is 5.91 Å². The highest BCUT2D eigenvalue weighted by Crippen LogP contribution is 2.25. The van der Waals surface area contributed by atoms with Crippen molar-refractivity contribution in [3.05, 3.63) is 46.8 Å². The first-order valence-corrected chi connectivity index (χ1v) is 7.13. The second-order valence-corrected chi connectivity index (χ2v) is 5.38. The summed E-state index contributed by atoms with van der Waals surface area (Å²) in [6.07, 6.45) is 3.61. The zero-order valence-electron chi connectivity index (χ0n) is 11.0. The molecule has 7 nitrogen and oxygen atoms in total. The Balaban J connectivity index is 1.77. The van der Waals surface area contributed by atoms with E-state index in [1.54, 1.807) is 10.9 Å². The first-order valence-electron chi connectivity index (χ1n) is 6.33. The second kappa shape index (κ2) is 5.66. The lowest BCUT2D eigenvalue weighted by Crippen LogP contribution is -2.30. The third kappa shape index (κ3) is 2.67. The number of para-hydroxylation sites is 1. The van der Waals surface area contributed by atoms with E-state index in [9.17, 15) is 4.79 Å². The number of carbonyl (C=O) groups is 1. The van der Waals surface area contributed by atoms with Crippen LogP contribution in [0.15, 0.2) is 41.1 Å². The fraction of sp³-hybridized carbons (Fsp3) is 0.154. The third-order valence-electron chi connectivity index (χ3n) is 3.21. The first kappa shape index (κ1) is 13.8. The molecule has 3 N–H and O–H groups in total. The van der Waals surface area contributed by atoms with E-state index in [0.717, 1.165) is 16.5 Å². The van der Waals surface area contributed by atoms with Gasteiger partial charge in [0.25, 0.3) is 5.91 Å². The Hall–Kier alpha value is -2.19. The van der Waals surface area contributed by atoms with Gasteiger partial charge in [-0.25, -0.2) is 10.5 Å². The zero-order valence-corrected chi connectivity index (χ0v) is 12.6. The number of hydrazine groups is 1. The van der Waals surface area contributed by atoms with Crippen molar-refractivity contribution in [2.45, 2.75) is 13.1 Å². The number of carbonyl (C=O) groups excluding carboxylic acids is 1. The number of nitrogens with zero attached hydrogens (tertiary/aromatic N) is 4. The molecule has 0 saturated carbocycles. The smallest absolute Gasteiger partial charge is 0.287 e. The molecule has 0 unspecified atom stereocenters. The van der Waals surface area contributed by atoms with E-state index in [0.29, 0.717) is 6.54 Å². The molecule has 0 aliphatic heterocycles. The summed E-state index contributed by atoms with van der Waals surface area (Å²) in [5, 5.41) is 8.85. The molecule has 8 heteroatoms. The number of fused-ring (bicyclic) bond motifs is 1. The minimum atomic E-state index is -0.449. The maximum absolute atomic E-state index is 11.3. The van der Waals surface area contributed by atoms with Crippen LogP contribution in [0.3, 0.4) is 0 Å². The minimum Gasteiger partial charge on any atom is -0.344 e. The summed E-state index contributed by atoms with van der Waals surface area (Å²) in [7, 11) is 0. The Morgan fingerprint density at radius 3 is 2.90 bits per heavy atom. The number of amides is 1. The van der Waals surface area contributed by atoms with Crippen LogP contribution >= 0.6 is 15.9 Å². The molecule has 0 bridgehead atoms. The lowest BCUT2D eigenvalue weighted by molar-refractivity contribution is 0.0948. The quantitative estimate of drug-likeness (QED) is 0.422. The molecule has 0 aliphatic rings. The maximum Gasteiger partial charge on any atom is 0.287 e. The molecule has 0 spiro atoms. The standard InChI is InChI=1S/C13H13BrN6O/c14-10-7-19(12-4-2-1-3-9(10)12)5-6-20-8-11(17-18-20)13(21)16-15/h1-4,7-8H,5-6,15H2,(H,16,21). The number of aryl methyl sites for hydroxylation is 2. The zero-order chi connectivity index (χ0) is 14.8. The van der Waals surface area contributed by atoms with E-state index in [2.05, 4.69) is 42.9 Å². The molecule has 0 atom stereocenters. The van der Waals surface area contributed by atoms with Crippen LogP contribution in [0.2, 0.25) is 0 Å². The summed E-state index contributed by atoms with van der Waals surface area (Å²) in [5.74, 6) is 4.61. The molecule has 2 aromatic heterocycles. The molecule has 0 fully saturated rings. The van der Waals surface area contributed by atoms with Gasteiger partial charge in [-0.15, -0.1) is 5.10 Å². The normalized spacial score (nSPS) is 11.0. The highest BCUT2D eigenvalue weighted by atomic mass is 79.9. The number of nitrogens with one attached hydrogen (secondary N) is 1. The van der Waals surface area contributed by atoms with Crippen LogP contribution in [0.25, 0.3) is 10.9 Å². The highest BCUT2D eigenvalue weighted by molar-refractivity contribution is 9.10. The second-order valence-electron chi connectivity index (χ2n) is 4.53. The molecule has 21 heavy (non-hydrogen) atoms. The van der Waals surface area contributed by atoms with Crippen LogP contribution in [-0.4, -0.2) is 25.5 Å². The topological polar surface area (TPSA) is 90.8 Å². The van der Waals surface area contributed by atoms with Gasteiger partial charge in [-0.2, -0.15) is 0 Å². The molecular weight excluding hydrogens is 336 g/mol. The van der Waals surface area contributed by atoms with E-state index in [1.165, 1.54) is 5.39 Å². The van der Waals surface area contributed by atoms with Gasteiger partial charge in [0.05, 0.1) is 12.7 Å². The molecule has 3 aromatic rings. The Bertz CT molecular complexity index is 793. The van der Waals surface area contributed by atoms with Gasteiger partial charge in [-0.1, -0.05) is 23.4 Å². The van der Waals surface area contributed by atoms with Crippen molar-refractivity contribution in [1.29, 1.82) is 0 Å². The average Bonchev–Trinajstić information content (AvgIpc) is 3.10. The summed E-state index contributed by atoms with van der Waals surface area (Å²) in [6, 6.07) is 8.14. The predicted octanol–water partition coefficient (Wildman–Crippen LogP) is 1.30. The van der Waals surface area contributed by atoms with Gasteiger partial charge < -0.3 is 4.57 Å². The molecule has 3 rings (SSSR count). The summed E-state index contributed by atoms with van der Waals surface area (Å²) < 4.78 is 4.80. The Labute approximate surface area is 128 Å². The molecule has 0 saturated heterocycles. The predicted molar refractivity (Wildman–Crippen MR) is 81.3 cm³/mol. The third-order valence-corrected chi connectivity index (χ3v) is 3.84. The Morgan fingerprint density at radius 2 is 2.10 bits per heavy atom. The number of hydrogen-bond acceptors (Lipinski definition) is 4. The molecule has 0 radical (unpaired) electrons. The summed E-state index contributed by atoms with van der Waals surface area (Å²) >= 11 is 3.55. The largest absolute Gasteiger partial charge is 0.344 e. The van der Waals surface area contributed by atoms with Crippen LogP contribution in [0.1, 0.15) is 10.5 Å².